The maximum absolute atomic E-state index is 6.39. The minimum atomic E-state index is 0.865. The van der Waals surface area contributed by atoms with E-state index in [9.17, 15) is 0 Å². The second kappa shape index (κ2) is 6.41. The van der Waals surface area contributed by atoms with Crippen molar-refractivity contribution in [2.75, 3.05) is 44.7 Å². The fourth-order valence-corrected chi connectivity index (χ4v) is 2.85. The molecule has 0 amide bonds. The first-order valence-corrected chi connectivity index (χ1v) is 7.03. The van der Waals surface area contributed by atoms with Crippen LogP contribution in [0.1, 0.15) is 12.5 Å². The first-order valence-electron chi connectivity index (χ1n) is 6.65. The third kappa shape index (κ3) is 2.97. The number of para-hydroxylation sites is 1. The summed E-state index contributed by atoms with van der Waals surface area (Å²) in [5, 5.41) is 4.08. The van der Waals surface area contributed by atoms with Gasteiger partial charge in [0.25, 0.3) is 0 Å². The molecule has 1 aliphatic heterocycles. The second-order valence-corrected chi connectivity index (χ2v) is 5.11. The molecule has 0 bridgehead atoms. The molecule has 3 nitrogen and oxygen atoms in total. The quantitative estimate of drug-likeness (QED) is 0.902. The highest BCUT2D eigenvalue weighted by Gasteiger charge is 2.19. The molecule has 0 aliphatic carbocycles. The predicted molar refractivity (Wildman–Crippen MR) is 78.5 cm³/mol. The standard InChI is InChI=1S/C14H22ClN3/c1-3-17-7-9-18(10-8-17)14-12(11-16-2)5-4-6-13(14)15/h4-6,16H,3,7-11H2,1-2H3. The van der Waals surface area contributed by atoms with Crippen LogP contribution in [-0.2, 0) is 6.54 Å². The van der Waals surface area contributed by atoms with Crippen molar-refractivity contribution in [1.29, 1.82) is 0 Å². The van der Waals surface area contributed by atoms with Crippen LogP contribution in [0, 0.1) is 0 Å². The smallest absolute Gasteiger partial charge is 0.0642 e. The summed E-state index contributed by atoms with van der Waals surface area (Å²) in [5.41, 5.74) is 2.50. The Labute approximate surface area is 115 Å². The Morgan fingerprint density at radius 1 is 1.22 bits per heavy atom. The zero-order chi connectivity index (χ0) is 13.0. The molecule has 1 N–H and O–H groups in total. The molecule has 1 fully saturated rings. The molecular weight excluding hydrogens is 246 g/mol. The zero-order valence-electron chi connectivity index (χ0n) is 11.2. The molecule has 100 valence electrons. The van der Waals surface area contributed by atoms with E-state index in [0.717, 1.165) is 44.3 Å². The van der Waals surface area contributed by atoms with Crippen LogP contribution in [0.15, 0.2) is 18.2 Å². The van der Waals surface area contributed by atoms with Crippen molar-refractivity contribution in [3.05, 3.63) is 28.8 Å². The molecule has 1 aliphatic rings. The Hall–Kier alpha value is -0.770. The number of halogens is 1. The van der Waals surface area contributed by atoms with Crippen molar-refractivity contribution in [3.63, 3.8) is 0 Å². The highest BCUT2D eigenvalue weighted by atomic mass is 35.5. The SMILES string of the molecule is CCN1CCN(c2c(Cl)cccc2CNC)CC1. The van der Waals surface area contributed by atoms with Crippen molar-refractivity contribution in [3.8, 4) is 0 Å². The summed E-state index contributed by atoms with van der Waals surface area (Å²) < 4.78 is 0. The van der Waals surface area contributed by atoms with Gasteiger partial charge >= 0.3 is 0 Å². The highest BCUT2D eigenvalue weighted by Crippen LogP contribution is 2.30. The zero-order valence-corrected chi connectivity index (χ0v) is 12.0. The number of nitrogens with zero attached hydrogens (tertiary/aromatic N) is 2. The van der Waals surface area contributed by atoms with Crippen molar-refractivity contribution in [2.24, 2.45) is 0 Å². The summed E-state index contributed by atoms with van der Waals surface area (Å²) in [6.45, 7) is 8.60. The molecule has 1 aromatic carbocycles. The normalized spacial score (nSPS) is 17.2. The van der Waals surface area contributed by atoms with E-state index in [-0.39, 0.29) is 0 Å². The molecule has 0 unspecified atom stereocenters. The molecule has 1 heterocycles. The van der Waals surface area contributed by atoms with Gasteiger partial charge in [-0.15, -0.1) is 0 Å². The molecule has 18 heavy (non-hydrogen) atoms. The first-order chi connectivity index (χ1) is 8.76. The first kappa shape index (κ1) is 13.7. The lowest BCUT2D eigenvalue weighted by molar-refractivity contribution is 0.271. The van der Waals surface area contributed by atoms with Gasteiger partial charge in [0.15, 0.2) is 0 Å². The number of nitrogens with one attached hydrogen (secondary N) is 1. The number of hydrogen-bond donors (Lipinski definition) is 1. The van der Waals surface area contributed by atoms with Gasteiger partial charge in [0.2, 0.25) is 0 Å². The van der Waals surface area contributed by atoms with Gasteiger partial charge in [-0.3, -0.25) is 0 Å². The summed E-state index contributed by atoms with van der Waals surface area (Å²) in [6.07, 6.45) is 0. The number of hydrogen-bond acceptors (Lipinski definition) is 3. The van der Waals surface area contributed by atoms with Crippen LogP contribution >= 0.6 is 11.6 Å². The van der Waals surface area contributed by atoms with E-state index in [1.165, 1.54) is 11.3 Å². The van der Waals surface area contributed by atoms with Crippen LogP contribution in [-0.4, -0.2) is 44.7 Å². The van der Waals surface area contributed by atoms with Crippen LogP contribution in [0.3, 0.4) is 0 Å². The third-order valence-electron chi connectivity index (χ3n) is 3.57. The van der Waals surface area contributed by atoms with Crippen LogP contribution in [0.5, 0.6) is 0 Å². The summed E-state index contributed by atoms with van der Waals surface area (Å²) in [7, 11) is 1.97. The average molecular weight is 268 g/mol. The molecule has 1 aromatic rings. The number of piperazine rings is 1. The van der Waals surface area contributed by atoms with Crippen LogP contribution in [0.25, 0.3) is 0 Å². The monoisotopic (exact) mass is 267 g/mol. The molecule has 0 saturated carbocycles. The summed E-state index contributed by atoms with van der Waals surface area (Å²) in [6, 6.07) is 6.17. The van der Waals surface area contributed by atoms with Crippen LogP contribution in [0.2, 0.25) is 5.02 Å². The molecule has 2 rings (SSSR count). The van der Waals surface area contributed by atoms with Crippen molar-refractivity contribution >= 4 is 17.3 Å². The number of anilines is 1. The van der Waals surface area contributed by atoms with Gasteiger partial charge in [0.05, 0.1) is 10.7 Å². The Kier molecular flexibility index (Phi) is 4.87. The van der Waals surface area contributed by atoms with E-state index < -0.39 is 0 Å². The van der Waals surface area contributed by atoms with Crippen molar-refractivity contribution < 1.29 is 0 Å². The predicted octanol–water partition coefficient (Wildman–Crippen LogP) is 2.20. The summed E-state index contributed by atoms with van der Waals surface area (Å²) in [4.78, 5) is 4.90. The maximum atomic E-state index is 6.39. The van der Waals surface area contributed by atoms with Gasteiger partial charge in [0.1, 0.15) is 0 Å². The van der Waals surface area contributed by atoms with E-state index in [4.69, 9.17) is 11.6 Å². The van der Waals surface area contributed by atoms with Gasteiger partial charge in [-0.25, -0.2) is 0 Å². The third-order valence-corrected chi connectivity index (χ3v) is 3.88. The fourth-order valence-electron chi connectivity index (χ4n) is 2.53. The van der Waals surface area contributed by atoms with E-state index >= 15 is 0 Å². The molecule has 4 heteroatoms. The lowest BCUT2D eigenvalue weighted by Crippen LogP contribution is -2.46. The minimum Gasteiger partial charge on any atom is -0.368 e. The molecule has 1 saturated heterocycles. The largest absolute Gasteiger partial charge is 0.368 e. The van der Waals surface area contributed by atoms with E-state index in [1.807, 2.05) is 19.2 Å². The van der Waals surface area contributed by atoms with Gasteiger partial charge in [-0.05, 0) is 25.2 Å². The van der Waals surface area contributed by atoms with Crippen molar-refractivity contribution in [2.45, 2.75) is 13.5 Å². The number of rotatable bonds is 4. The van der Waals surface area contributed by atoms with Gasteiger partial charge < -0.3 is 15.1 Å². The molecule has 0 atom stereocenters. The maximum Gasteiger partial charge on any atom is 0.0642 e. The van der Waals surface area contributed by atoms with E-state index in [0.29, 0.717) is 0 Å². The van der Waals surface area contributed by atoms with Crippen molar-refractivity contribution in [1.82, 2.24) is 10.2 Å². The Morgan fingerprint density at radius 2 is 1.94 bits per heavy atom. The Bertz CT molecular complexity index is 387. The fraction of sp³-hybridized carbons (Fsp3) is 0.571. The van der Waals surface area contributed by atoms with E-state index in [2.05, 4.69) is 28.1 Å². The van der Waals surface area contributed by atoms with Gasteiger partial charge in [-0.1, -0.05) is 30.7 Å². The van der Waals surface area contributed by atoms with Crippen LogP contribution < -0.4 is 10.2 Å². The Morgan fingerprint density at radius 3 is 2.56 bits per heavy atom. The van der Waals surface area contributed by atoms with Crippen LogP contribution in [0.4, 0.5) is 5.69 Å². The molecule has 0 radical (unpaired) electrons. The molecule has 0 spiro atoms. The van der Waals surface area contributed by atoms with Gasteiger partial charge in [-0.2, -0.15) is 0 Å². The number of likely N-dealkylation sites (N-methyl/N-ethyl adjacent to an activating group) is 1. The number of benzene rings is 1. The lowest BCUT2D eigenvalue weighted by atomic mass is 10.1. The topological polar surface area (TPSA) is 18.5 Å². The summed E-state index contributed by atoms with van der Waals surface area (Å²) in [5.74, 6) is 0. The lowest BCUT2D eigenvalue weighted by Gasteiger charge is -2.37. The minimum absolute atomic E-state index is 0.865. The Balaban J connectivity index is 2.17. The summed E-state index contributed by atoms with van der Waals surface area (Å²) >= 11 is 6.39. The molecule has 0 aromatic heterocycles. The highest BCUT2D eigenvalue weighted by molar-refractivity contribution is 6.33. The second-order valence-electron chi connectivity index (χ2n) is 4.70. The molecular formula is C14H22ClN3. The van der Waals surface area contributed by atoms with E-state index in [1.54, 1.807) is 0 Å². The van der Waals surface area contributed by atoms with Gasteiger partial charge in [0, 0.05) is 32.7 Å². The average Bonchev–Trinajstić information content (AvgIpc) is 2.40.